The number of benzene rings is 2. The van der Waals surface area contributed by atoms with Crippen molar-refractivity contribution < 1.29 is 35.9 Å². The minimum absolute atomic E-state index is 0.0535. The van der Waals surface area contributed by atoms with E-state index < -0.39 is 29.8 Å². The number of rotatable bonds is 4. The van der Waals surface area contributed by atoms with E-state index in [4.69, 9.17) is 0 Å². The van der Waals surface area contributed by atoms with Crippen LogP contribution in [0.1, 0.15) is 21.5 Å². The molecule has 0 aliphatic carbocycles. The number of amides is 1. The van der Waals surface area contributed by atoms with Gasteiger partial charge < -0.3 is 10.1 Å². The Kier molecular flexibility index (Phi) is 5.24. The number of carbonyl (C=O) groups is 1. The molecule has 0 fully saturated rings. The molecule has 0 aliphatic rings. The third-order valence-corrected chi connectivity index (χ3v) is 3.11. The zero-order valence-electron chi connectivity index (χ0n) is 12.4. The molecular formula is C16H11F6NO2. The predicted molar refractivity (Wildman–Crippen MR) is 75.7 cm³/mol. The van der Waals surface area contributed by atoms with Crippen LogP contribution in [-0.2, 0) is 12.7 Å². The maximum atomic E-state index is 12.5. The first-order valence-corrected chi connectivity index (χ1v) is 6.85. The Morgan fingerprint density at radius 2 is 1.52 bits per heavy atom. The van der Waals surface area contributed by atoms with Crippen LogP contribution in [0.2, 0.25) is 0 Å². The lowest BCUT2D eigenvalue weighted by atomic mass is 10.1. The van der Waals surface area contributed by atoms with Crippen molar-refractivity contribution >= 4 is 5.91 Å². The van der Waals surface area contributed by atoms with Crippen molar-refractivity contribution in [2.45, 2.75) is 19.1 Å². The minimum atomic E-state index is -4.88. The summed E-state index contributed by atoms with van der Waals surface area (Å²) in [7, 11) is 0. The van der Waals surface area contributed by atoms with E-state index in [1.54, 1.807) is 0 Å². The zero-order valence-corrected chi connectivity index (χ0v) is 12.4. The molecule has 0 saturated heterocycles. The summed E-state index contributed by atoms with van der Waals surface area (Å²) < 4.78 is 78.2. The zero-order chi connectivity index (χ0) is 18.7. The first kappa shape index (κ1) is 18.6. The van der Waals surface area contributed by atoms with E-state index in [2.05, 4.69) is 10.1 Å². The lowest BCUT2D eigenvalue weighted by Gasteiger charge is -2.13. The summed E-state index contributed by atoms with van der Waals surface area (Å²) in [4.78, 5) is 11.9. The Morgan fingerprint density at radius 1 is 0.920 bits per heavy atom. The molecule has 3 nitrogen and oxygen atoms in total. The standard InChI is InChI=1S/C16H11F6NO2/c17-15(18,19)12-7-5-10(6-8-12)14(24)23-9-11-3-1-2-4-13(11)25-16(20,21)22/h1-8H,9H2,(H,23,24). The normalized spacial score (nSPS) is 11.9. The molecule has 0 aliphatic heterocycles. The lowest BCUT2D eigenvalue weighted by Crippen LogP contribution is -2.24. The first-order chi connectivity index (χ1) is 11.6. The van der Waals surface area contributed by atoms with Crippen molar-refractivity contribution in [3.8, 4) is 5.75 Å². The van der Waals surface area contributed by atoms with Crippen LogP contribution in [0.15, 0.2) is 48.5 Å². The summed E-state index contributed by atoms with van der Waals surface area (Å²) in [5.74, 6) is -1.20. The number of halogens is 6. The Morgan fingerprint density at radius 3 is 2.08 bits per heavy atom. The summed E-state index contributed by atoms with van der Waals surface area (Å²) in [6.07, 6.45) is -9.41. The Hall–Kier alpha value is -2.71. The van der Waals surface area contributed by atoms with Crippen LogP contribution in [0.3, 0.4) is 0 Å². The van der Waals surface area contributed by atoms with Gasteiger partial charge in [0.15, 0.2) is 0 Å². The Labute approximate surface area is 138 Å². The van der Waals surface area contributed by atoms with Crippen LogP contribution >= 0.6 is 0 Å². The van der Waals surface area contributed by atoms with Crippen molar-refractivity contribution in [2.75, 3.05) is 0 Å². The smallest absolute Gasteiger partial charge is 0.405 e. The van der Waals surface area contributed by atoms with Crippen LogP contribution < -0.4 is 10.1 Å². The van der Waals surface area contributed by atoms with E-state index >= 15 is 0 Å². The quantitative estimate of drug-likeness (QED) is 0.811. The highest BCUT2D eigenvalue weighted by Gasteiger charge is 2.32. The van der Waals surface area contributed by atoms with Crippen LogP contribution in [0, 0.1) is 0 Å². The monoisotopic (exact) mass is 363 g/mol. The molecule has 2 aromatic carbocycles. The van der Waals surface area contributed by atoms with Gasteiger partial charge in [-0.2, -0.15) is 13.2 Å². The second kappa shape index (κ2) is 7.04. The fraction of sp³-hybridized carbons (Fsp3) is 0.188. The number of nitrogens with one attached hydrogen (secondary N) is 1. The summed E-state index contributed by atoms with van der Waals surface area (Å²) in [5.41, 5.74) is -0.893. The van der Waals surface area contributed by atoms with E-state index in [-0.39, 0.29) is 17.7 Å². The molecule has 9 heteroatoms. The fourth-order valence-corrected chi connectivity index (χ4v) is 1.96. The van der Waals surface area contributed by atoms with Gasteiger partial charge in [0.05, 0.1) is 5.56 Å². The molecule has 0 spiro atoms. The van der Waals surface area contributed by atoms with Gasteiger partial charge in [-0.25, -0.2) is 0 Å². The van der Waals surface area contributed by atoms with Crippen LogP contribution in [0.25, 0.3) is 0 Å². The first-order valence-electron chi connectivity index (χ1n) is 6.85. The number of hydrogen-bond acceptors (Lipinski definition) is 2. The van der Waals surface area contributed by atoms with E-state index in [9.17, 15) is 31.1 Å². The maximum absolute atomic E-state index is 12.5. The topological polar surface area (TPSA) is 38.3 Å². The highest BCUT2D eigenvalue weighted by molar-refractivity contribution is 5.94. The molecule has 0 atom stereocenters. The highest BCUT2D eigenvalue weighted by atomic mass is 19.4. The Bertz CT molecular complexity index is 738. The average Bonchev–Trinajstić information content (AvgIpc) is 2.51. The van der Waals surface area contributed by atoms with Crippen molar-refractivity contribution in [2.24, 2.45) is 0 Å². The second-order valence-electron chi connectivity index (χ2n) is 4.91. The van der Waals surface area contributed by atoms with Gasteiger partial charge >= 0.3 is 12.5 Å². The number of carbonyl (C=O) groups excluding carboxylic acids is 1. The third-order valence-electron chi connectivity index (χ3n) is 3.11. The predicted octanol–water partition coefficient (Wildman–Crippen LogP) is 4.53. The van der Waals surface area contributed by atoms with Gasteiger partial charge in [0, 0.05) is 17.7 Å². The van der Waals surface area contributed by atoms with Gasteiger partial charge in [-0.3, -0.25) is 4.79 Å². The number of para-hydroxylation sites is 1. The molecule has 0 radical (unpaired) electrons. The van der Waals surface area contributed by atoms with Crippen LogP contribution in [0.5, 0.6) is 5.75 Å². The molecule has 25 heavy (non-hydrogen) atoms. The van der Waals surface area contributed by atoms with E-state index in [1.807, 2.05) is 0 Å². The van der Waals surface area contributed by atoms with Crippen LogP contribution in [-0.4, -0.2) is 12.3 Å². The van der Waals surface area contributed by atoms with Gasteiger partial charge in [-0.05, 0) is 30.3 Å². The summed E-state index contributed by atoms with van der Waals surface area (Å²) in [6, 6.07) is 8.67. The molecular weight excluding hydrogens is 352 g/mol. The largest absolute Gasteiger partial charge is 0.573 e. The summed E-state index contributed by atoms with van der Waals surface area (Å²) in [5, 5.41) is 2.33. The SMILES string of the molecule is O=C(NCc1ccccc1OC(F)(F)F)c1ccc(C(F)(F)F)cc1. The molecule has 2 aromatic rings. The highest BCUT2D eigenvalue weighted by Crippen LogP contribution is 2.29. The van der Waals surface area contributed by atoms with Crippen molar-refractivity contribution in [1.29, 1.82) is 0 Å². The van der Waals surface area contributed by atoms with E-state index in [0.29, 0.717) is 0 Å². The van der Waals surface area contributed by atoms with Gasteiger partial charge in [0.1, 0.15) is 5.75 Å². The molecule has 0 aromatic heterocycles. The van der Waals surface area contributed by atoms with E-state index in [0.717, 1.165) is 30.3 Å². The second-order valence-corrected chi connectivity index (χ2v) is 4.91. The molecule has 0 bridgehead atoms. The van der Waals surface area contributed by atoms with Gasteiger partial charge in [-0.15, -0.1) is 13.2 Å². The van der Waals surface area contributed by atoms with Gasteiger partial charge in [0.2, 0.25) is 0 Å². The molecule has 0 unspecified atom stereocenters. The van der Waals surface area contributed by atoms with Crippen molar-refractivity contribution in [3.05, 3.63) is 65.2 Å². The molecule has 1 amide bonds. The van der Waals surface area contributed by atoms with Crippen molar-refractivity contribution in [1.82, 2.24) is 5.32 Å². The molecule has 1 N–H and O–H groups in total. The summed E-state index contributed by atoms with van der Waals surface area (Å²) in [6.45, 7) is -0.286. The average molecular weight is 363 g/mol. The number of hydrogen-bond donors (Lipinski definition) is 1. The number of ether oxygens (including phenoxy) is 1. The maximum Gasteiger partial charge on any atom is 0.573 e. The fourth-order valence-electron chi connectivity index (χ4n) is 1.96. The van der Waals surface area contributed by atoms with E-state index in [1.165, 1.54) is 18.2 Å². The van der Waals surface area contributed by atoms with Gasteiger partial charge in [0.25, 0.3) is 5.91 Å². The number of alkyl halides is 6. The minimum Gasteiger partial charge on any atom is -0.405 e. The molecule has 2 rings (SSSR count). The summed E-state index contributed by atoms with van der Waals surface area (Å²) >= 11 is 0. The van der Waals surface area contributed by atoms with Crippen molar-refractivity contribution in [3.63, 3.8) is 0 Å². The third kappa shape index (κ3) is 5.40. The molecule has 0 saturated carbocycles. The lowest BCUT2D eigenvalue weighted by molar-refractivity contribution is -0.274. The van der Waals surface area contributed by atoms with Gasteiger partial charge in [-0.1, -0.05) is 18.2 Å². The van der Waals surface area contributed by atoms with Crippen LogP contribution in [0.4, 0.5) is 26.3 Å². The molecule has 134 valence electrons. The molecule has 0 heterocycles. The Balaban J connectivity index is 2.05.